The van der Waals surface area contributed by atoms with Gasteiger partial charge in [0.1, 0.15) is 0 Å². The molecule has 0 saturated carbocycles. The summed E-state index contributed by atoms with van der Waals surface area (Å²) < 4.78 is 5.41. The van der Waals surface area contributed by atoms with Crippen molar-refractivity contribution in [3.8, 4) is 6.01 Å². The molecule has 6 heteroatoms. The summed E-state index contributed by atoms with van der Waals surface area (Å²) in [4.78, 5) is 14.9. The smallest absolute Gasteiger partial charge is 0.323 e. The molecule has 0 aliphatic carbocycles. The molecule has 0 aliphatic rings. The summed E-state index contributed by atoms with van der Waals surface area (Å²) in [5, 5.41) is 3.09. The van der Waals surface area contributed by atoms with Gasteiger partial charge in [0.15, 0.2) is 0 Å². The maximum absolute atomic E-state index is 5.41. The van der Waals surface area contributed by atoms with E-state index in [2.05, 4.69) is 39.3 Å². The molecule has 0 amide bonds. The Morgan fingerprint density at radius 1 is 1.10 bits per heavy atom. The molecular weight excluding hydrogens is 266 g/mol. The minimum Gasteiger partial charge on any atom is -0.464 e. The van der Waals surface area contributed by atoms with Gasteiger partial charge in [-0.15, -0.1) is 0 Å². The summed E-state index contributed by atoms with van der Waals surface area (Å²) in [5.74, 6) is 1.07. The number of nitrogens with zero attached hydrogens (tertiary/aromatic N) is 4. The van der Waals surface area contributed by atoms with Crippen LogP contribution in [0.3, 0.4) is 0 Å². The number of anilines is 3. The lowest BCUT2D eigenvalue weighted by Crippen LogP contribution is -2.16. The summed E-state index contributed by atoms with van der Waals surface area (Å²) in [6.45, 7) is 7.21. The molecule has 0 saturated heterocycles. The van der Waals surface area contributed by atoms with Gasteiger partial charge in [-0.3, -0.25) is 0 Å². The zero-order valence-electron chi connectivity index (χ0n) is 12.9. The van der Waals surface area contributed by atoms with Crippen LogP contribution in [-0.2, 0) is 0 Å². The van der Waals surface area contributed by atoms with Crippen LogP contribution in [0.25, 0.3) is 0 Å². The Hall–Kier alpha value is -2.37. The van der Waals surface area contributed by atoms with E-state index in [0.717, 1.165) is 12.2 Å². The highest BCUT2D eigenvalue weighted by molar-refractivity contribution is 5.57. The van der Waals surface area contributed by atoms with E-state index in [4.69, 9.17) is 4.74 Å². The first-order valence-electron chi connectivity index (χ1n) is 7.07. The molecule has 112 valence electrons. The van der Waals surface area contributed by atoms with Gasteiger partial charge in [0.2, 0.25) is 11.9 Å². The lowest BCUT2D eigenvalue weighted by atomic mass is 10.2. The van der Waals surface area contributed by atoms with E-state index < -0.39 is 0 Å². The van der Waals surface area contributed by atoms with Gasteiger partial charge in [-0.1, -0.05) is 17.7 Å². The van der Waals surface area contributed by atoms with Gasteiger partial charge in [0.25, 0.3) is 0 Å². The molecule has 1 N–H and O–H groups in total. The van der Waals surface area contributed by atoms with Crippen LogP contribution in [0.1, 0.15) is 19.4 Å². The second-order valence-corrected chi connectivity index (χ2v) is 4.60. The fourth-order valence-electron chi connectivity index (χ4n) is 1.81. The Morgan fingerprint density at radius 2 is 1.81 bits per heavy atom. The van der Waals surface area contributed by atoms with Crippen LogP contribution in [0.15, 0.2) is 24.3 Å². The Balaban J connectivity index is 2.34. The maximum Gasteiger partial charge on any atom is 0.323 e. The monoisotopic (exact) mass is 287 g/mol. The number of aryl methyl sites for hydroxylation is 1. The van der Waals surface area contributed by atoms with Crippen LogP contribution in [0, 0.1) is 6.92 Å². The largest absolute Gasteiger partial charge is 0.464 e. The molecule has 0 bridgehead atoms. The predicted octanol–water partition coefficient (Wildman–Crippen LogP) is 2.78. The van der Waals surface area contributed by atoms with Gasteiger partial charge >= 0.3 is 6.01 Å². The van der Waals surface area contributed by atoms with Crippen molar-refractivity contribution in [2.45, 2.75) is 20.8 Å². The molecule has 0 atom stereocenters. The highest BCUT2D eigenvalue weighted by atomic mass is 16.5. The molecular formula is C15H21N5O. The zero-order chi connectivity index (χ0) is 15.2. The molecule has 1 heterocycles. The third-order valence-electron chi connectivity index (χ3n) is 2.93. The summed E-state index contributed by atoms with van der Waals surface area (Å²) in [7, 11) is 1.92. The minimum absolute atomic E-state index is 0.331. The lowest BCUT2D eigenvalue weighted by molar-refractivity contribution is 0.312. The fourth-order valence-corrected chi connectivity index (χ4v) is 1.81. The summed E-state index contributed by atoms with van der Waals surface area (Å²) in [6.07, 6.45) is 0. The predicted molar refractivity (Wildman–Crippen MR) is 84.4 cm³/mol. The molecule has 0 fully saturated rings. The molecule has 0 unspecified atom stereocenters. The average molecular weight is 287 g/mol. The van der Waals surface area contributed by atoms with Crippen LogP contribution in [0.2, 0.25) is 0 Å². The topological polar surface area (TPSA) is 63.2 Å². The molecule has 2 rings (SSSR count). The van der Waals surface area contributed by atoms with Crippen molar-refractivity contribution >= 4 is 17.6 Å². The van der Waals surface area contributed by atoms with Crippen molar-refractivity contribution in [2.24, 2.45) is 0 Å². The molecule has 1 aromatic carbocycles. The summed E-state index contributed by atoms with van der Waals surface area (Å²) in [5.41, 5.74) is 2.22. The van der Waals surface area contributed by atoms with Crippen molar-refractivity contribution in [3.05, 3.63) is 29.8 Å². The second-order valence-electron chi connectivity index (χ2n) is 4.60. The van der Waals surface area contributed by atoms with Gasteiger partial charge in [-0.05, 0) is 32.9 Å². The fraction of sp³-hybridized carbons (Fsp3) is 0.400. The molecule has 0 radical (unpaired) electrons. The van der Waals surface area contributed by atoms with Crippen LogP contribution < -0.4 is 15.0 Å². The molecule has 2 aromatic rings. The van der Waals surface area contributed by atoms with E-state index in [-0.39, 0.29) is 0 Å². The van der Waals surface area contributed by atoms with E-state index >= 15 is 0 Å². The number of nitrogens with one attached hydrogen (secondary N) is 1. The number of hydrogen-bond acceptors (Lipinski definition) is 6. The molecule has 0 aliphatic heterocycles. The molecule has 1 aromatic heterocycles. The van der Waals surface area contributed by atoms with Crippen LogP contribution >= 0.6 is 0 Å². The number of ether oxygens (including phenoxy) is 1. The highest BCUT2D eigenvalue weighted by Gasteiger charge is 2.12. The van der Waals surface area contributed by atoms with Crippen molar-refractivity contribution in [3.63, 3.8) is 0 Å². The number of hydrogen-bond donors (Lipinski definition) is 1. The Morgan fingerprint density at radius 3 is 2.43 bits per heavy atom. The van der Waals surface area contributed by atoms with E-state index in [9.17, 15) is 0 Å². The average Bonchev–Trinajstić information content (AvgIpc) is 2.48. The molecule has 21 heavy (non-hydrogen) atoms. The first-order chi connectivity index (χ1) is 10.1. The summed E-state index contributed by atoms with van der Waals surface area (Å²) in [6, 6.07) is 8.51. The van der Waals surface area contributed by atoms with Gasteiger partial charge in [0, 0.05) is 19.3 Å². The van der Waals surface area contributed by atoms with E-state index in [0.29, 0.717) is 24.5 Å². The van der Waals surface area contributed by atoms with Gasteiger partial charge < -0.3 is 15.0 Å². The van der Waals surface area contributed by atoms with Gasteiger partial charge in [-0.25, -0.2) is 0 Å². The first-order valence-corrected chi connectivity index (χ1v) is 7.07. The van der Waals surface area contributed by atoms with Gasteiger partial charge in [-0.2, -0.15) is 15.0 Å². The summed E-state index contributed by atoms with van der Waals surface area (Å²) >= 11 is 0. The Kier molecular flexibility index (Phi) is 4.92. The van der Waals surface area contributed by atoms with Crippen molar-refractivity contribution in [1.82, 2.24) is 15.0 Å². The zero-order valence-corrected chi connectivity index (χ0v) is 12.9. The van der Waals surface area contributed by atoms with E-state index in [1.165, 1.54) is 5.56 Å². The van der Waals surface area contributed by atoms with Crippen molar-refractivity contribution < 1.29 is 4.74 Å². The standard InChI is InChI=1S/C15H21N5O/c1-5-16-13-17-14(19-15(18-13)21-6-2)20(4)12-9-7-11(3)8-10-12/h7-10H,5-6H2,1-4H3,(H,16,17,18,19). The molecule has 6 nitrogen and oxygen atoms in total. The van der Waals surface area contributed by atoms with Crippen LogP contribution in [0.4, 0.5) is 17.6 Å². The normalized spacial score (nSPS) is 10.3. The lowest BCUT2D eigenvalue weighted by Gasteiger charge is -2.18. The van der Waals surface area contributed by atoms with E-state index in [1.54, 1.807) is 0 Å². The Bertz CT molecular complexity index is 561. The Labute approximate surface area is 125 Å². The SMILES string of the molecule is CCNc1nc(OCC)nc(N(C)c2ccc(C)cc2)n1. The second kappa shape index (κ2) is 6.88. The van der Waals surface area contributed by atoms with Crippen LogP contribution in [0.5, 0.6) is 6.01 Å². The van der Waals surface area contributed by atoms with Crippen LogP contribution in [-0.4, -0.2) is 35.2 Å². The van der Waals surface area contributed by atoms with Crippen molar-refractivity contribution in [2.75, 3.05) is 30.4 Å². The quantitative estimate of drug-likeness (QED) is 0.881. The van der Waals surface area contributed by atoms with Crippen molar-refractivity contribution in [1.29, 1.82) is 0 Å². The number of benzene rings is 1. The highest BCUT2D eigenvalue weighted by Crippen LogP contribution is 2.22. The number of aromatic nitrogens is 3. The third-order valence-corrected chi connectivity index (χ3v) is 2.93. The molecule has 0 spiro atoms. The van der Waals surface area contributed by atoms with Gasteiger partial charge in [0.05, 0.1) is 6.61 Å². The number of rotatable bonds is 6. The third kappa shape index (κ3) is 3.81. The maximum atomic E-state index is 5.41. The van der Waals surface area contributed by atoms with E-state index in [1.807, 2.05) is 37.9 Å². The first kappa shape index (κ1) is 15.0. The minimum atomic E-state index is 0.331.